The minimum absolute atomic E-state index is 0.592. The molecule has 112 valence electrons. The van der Waals surface area contributed by atoms with Crippen LogP contribution in [0.5, 0.6) is 0 Å². The van der Waals surface area contributed by atoms with Gasteiger partial charge in [-0.2, -0.15) is 10.4 Å². The number of nitrogens with zero attached hydrogens (tertiary/aromatic N) is 4. The van der Waals surface area contributed by atoms with Gasteiger partial charge in [-0.15, -0.1) is 5.11 Å². The molecule has 0 saturated heterocycles. The van der Waals surface area contributed by atoms with E-state index in [2.05, 4.69) is 63.1 Å². The van der Waals surface area contributed by atoms with Crippen LogP contribution in [0.3, 0.4) is 0 Å². The van der Waals surface area contributed by atoms with Gasteiger partial charge in [-0.05, 0) is 72.2 Å². The molecule has 0 aliphatic rings. The van der Waals surface area contributed by atoms with Crippen molar-refractivity contribution >= 4 is 33.0 Å². The van der Waals surface area contributed by atoms with E-state index in [1.165, 1.54) is 5.69 Å². The lowest BCUT2D eigenvalue weighted by Crippen LogP contribution is -2.21. The van der Waals surface area contributed by atoms with Crippen molar-refractivity contribution in [2.24, 2.45) is 10.2 Å². The predicted octanol–water partition coefficient (Wildman–Crippen LogP) is 5.58. The molecule has 0 unspecified atom stereocenters. The topological polar surface area (TPSA) is 51.8 Å². The molecule has 2 aromatic carbocycles. The Hall–Kier alpha value is -2.19. The van der Waals surface area contributed by atoms with Crippen LogP contribution in [0.2, 0.25) is 0 Å². The Morgan fingerprint density at radius 1 is 1.05 bits per heavy atom. The first-order valence-electron chi connectivity index (χ1n) is 7.14. The fourth-order valence-electron chi connectivity index (χ4n) is 2.09. The summed E-state index contributed by atoms with van der Waals surface area (Å²) in [6, 6.07) is 15.3. The first-order valence-corrected chi connectivity index (χ1v) is 7.93. The van der Waals surface area contributed by atoms with E-state index < -0.39 is 0 Å². The second kappa shape index (κ2) is 7.71. The number of halogens is 1. The molecule has 5 heteroatoms. The monoisotopic (exact) mass is 356 g/mol. The zero-order valence-corrected chi connectivity index (χ0v) is 14.2. The Balaban J connectivity index is 2.15. The lowest BCUT2D eigenvalue weighted by molar-refractivity contribution is 0.866. The van der Waals surface area contributed by atoms with Gasteiger partial charge >= 0.3 is 0 Å². The van der Waals surface area contributed by atoms with Crippen molar-refractivity contribution in [3.05, 3.63) is 52.5 Å². The highest BCUT2D eigenvalue weighted by Gasteiger charge is 2.02. The Labute approximate surface area is 139 Å². The molecule has 0 fully saturated rings. The Morgan fingerprint density at radius 2 is 1.73 bits per heavy atom. The van der Waals surface area contributed by atoms with Gasteiger partial charge in [0.05, 0.1) is 23.0 Å². The van der Waals surface area contributed by atoms with Crippen molar-refractivity contribution in [3.63, 3.8) is 0 Å². The minimum atomic E-state index is 0.592. The van der Waals surface area contributed by atoms with Crippen LogP contribution in [0.4, 0.5) is 17.1 Å². The number of anilines is 1. The van der Waals surface area contributed by atoms with Gasteiger partial charge in [-0.25, -0.2) is 0 Å². The number of nitriles is 1. The maximum atomic E-state index is 8.84. The Bertz CT molecular complexity index is 698. The molecule has 0 aliphatic carbocycles. The van der Waals surface area contributed by atoms with Gasteiger partial charge < -0.3 is 4.90 Å². The lowest BCUT2D eigenvalue weighted by atomic mass is 10.2. The molecule has 0 aliphatic heterocycles. The summed E-state index contributed by atoms with van der Waals surface area (Å²) in [7, 11) is 0. The van der Waals surface area contributed by atoms with Gasteiger partial charge in [0.25, 0.3) is 0 Å². The van der Waals surface area contributed by atoms with E-state index >= 15 is 0 Å². The summed E-state index contributed by atoms with van der Waals surface area (Å²) < 4.78 is 0.759. The highest BCUT2D eigenvalue weighted by Crippen LogP contribution is 2.28. The lowest BCUT2D eigenvalue weighted by Gasteiger charge is -2.20. The molecule has 0 saturated carbocycles. The van der Waals surface area contributed by atoms with Crippen molar-refractivity contribution in [2.75, 3.05) is 18.0 Å². The van der Waals surface area contributed by atoms with Crippen molar-refractivity contribution in [2.45, 2.75) is 13.8 Å². The molecule has 0 bridgehead atoms. The van der Waals surface area contributed by atoms with Gasteiger partial charge in [0.2, 0.25) is 0 Å². The number of azo groups is 1. The fourth-order valence-corrected chi connectivity index (χ4v) is 2.55. The molecular formula is C17H17BrN4. The summed E-state index contributed by atoms with van der Waals surface area (Å²) in [4.78, 5) is 2.28. The van der Waals surface area contributed by atoms with Crippen LogP contribution in [0.25, 0.3) is 0 Å². The second-order valence-electron chi connectivity index (χ2n) is 4.67. The first-order chi connectivity index (χ1) is 10.7. The second-order valence-corrected chi connectivity index (χ2v) is 5.52. The maximum Gasteiger partial charge on any atom is 0.0999 e. The molecule has 0 atom stereocenters. The third kappa shape index (κ3) is 3.92. The van der Waals surface area contributed by atoms with E-state index in [4.69, 9.17) is 5.26 Å². The van der Waals surface area contributed by atoms with Crippen LogP contribution in [0.15, 0.2) is 57.2 Å². The minimum Gasteiger partial charge on any atom is -0.372 e. The van der Waals surface area contributed by atoms with Crippen molar-refractivity contribution < 1.29 is 0 Å². The van der Waals surface area contributed by atoms with Crippen molar-refractivity contribution in [1.82, 2.24) is 0 Å². The third-order valence-electron chi connectivity index (χ3n) is 3.33. The summed E-state index contributed by atoms with van der Waals surface area (Å²) in [6.07, 6.45) is 0. The highest BCUT2D eigenvalue weighted by molar-refractivity contribution is 9.10. The van der Waals surface area contributed by atoms with Crippen LogP contribution in [-0.2, 0) is 0 Å². The molecule has 0 radical (unpaired) electrons. The maximum absolute atomic E-state index is 8.84. The average molecular weight is 357 g/mol. The largest absolute Gasteiger partial charge is 0.372 e. The predicted molar refractivity (Wildman–Crippen MR) is 93.0 cm³/mol. The fraction of sp³-hybridized carbons (Fsp3) is 0.235. The zero-order valence-electron chi connectivity index (χ0n) is 12.6. The molecular weight excluding hydrogens is 340 g/mol. The van der Waals surface area contributed by atoms with E-state index in [0.717, 1.165) is 23.2 Å². The number of benzene rings is 2. The molecule has 2 rings (SSSR count). The number of rotatable bonds is 5. The van der Waals surface area contributed by atoms with Gasteiger partial charge in [0.15, 0.2) is 0 Å². The molecule has 0 aromatic heterocycles. The quantitative estimate of drug-likeness (QED) is 0.656. The van der Waals surface area contributed by atoms with Gasteiger partial charge in [0, 0.05) is 23.2 Å². The SMILES string of the molecule is CCN(CC)c1ccc(N=Nc2ccc(C#N)cc2Br)cc1. The van der Waals surface area contributed by atoms with Gasteiger partial charge in [0.1, 0.15) is 0 Å². The Kier molecular flexibility index (Phi) is 5.68. The highest BCUT2D eigenvalue weighted by atomic mass is 79.9. The molecule has 4 nitrogen and oxygen atoms in total. The van der Waals surface area contributed by atoms with E-state index in [0.29, 0.717) is 11.3 Å². The van der Waals surface area contributed by atoms with Crippen LogP contribution < -0.4 is 4.90 Å². The molecule has 0 N–H and O–H groups in total. The average Bonchev–Trinajstić information content (AvgIpc) is 2.56. The van der Waals surface area contributed by atoms with Crippen molar-refractivity contribution in [3.8, 4) is 6.07 Å². The Morgan fingerprint density at radius 3 is 2.27 bits per heavy atom. The molecule has 2 aromatic rings. The van der Waals surface area contributed by atoms with Gasteiger partial charge in [-0.1, -0.05) is 0 Å². The molecule has 22 heavy (non-hydrogen) atoms. The standard InChI is InChI=1S/C17H17BrN4/c1-3-22(4-2)15-8-6-14(7-9-15)20-21-17-10-5-13(12-19)11-16(17)18/h5-11H,3-4H2,1-2H3. The zero-order chi connectivity index (χ0) is 15.9. The van der Waals surface area contributed by atoms with E-state index in [9.17, 15) is 0 Å². The van der Waals surface area contributed by atoms with Crippen molar-refractivity contribution in [1.29, 1.82) is 5.26 Å². The first kappa shape index (κ1) is 16.2. The smallest absolute Gasteiger partial charge is 0.0999 e. The number of hydrogen-bond acceptors (Lipinski definition) is 4. The molecule has 0 heterocycles. The summed E-state index contributed by atoms with van der Waals surface area (Å²) in [5.41, 5.74) is 3.27. The van der Waals surface area contributed by atoms with Crippen LogP contribution in [0, 0.1) is 11.3 Å². The van der Waals surface area contributed by atoms with Crippen LogP contribution >= 0.6 is 15.9 Å². The normalized spacial score (nSPS) is 10.6. The summed E-state index contributed by atoms with van der Waals surface area (Å²) in [5.74, 6) is 0. The van der Waals surface area contributed by atoms with Gasteiger partial charge in [-0.3, -0.25) is 0 Å². The summed E-state index contributed by atoms with van der Waals surface area (Å²) in [5, 5.41) is 17.3. The molecule has 0 amide bonds. The molecule has 0 spiro atoms. The van der Waals surface area contributed by atoms with E-state index in [1.807, 2.05) is 12.1 Å². The van der Waals surface area contributed by atoms with Crippen LogP contribution in [0.1, 0.15) is 19.4 Å². The van der Waals surface area contributed by atoms with E-state index in [1.54, 1.807) is 18.2 Å². The van der Waals surface area contributed by atoms with E-state index in [-0.39, 0.29) is 0 Å². The summed E-state index contributed by atoms with van der Waals surface area (Å²) in [6.45, 7) is 6.24. The third-order valence-corrected chi connectivity index (χ3v) is 3.96. The summed E-state index contributed by atoms with van der Waals surface area (Å²) >= 11 is 3.40. The number of hydrogen-bond donors (Lipinski definition) is 0. The van der Waals surface area contributed by atoms with Crippen LogP contribution in [-0.4, -0.2) is 13.1 Å².